The number of hydrogen-bond acceptors (Lipinski definition) is 17. The van der Waals surface area contributed by atoms with Crippen molar-refractivity contribution in [3.05, 3.63) is 273 Å². The van der Waals surface area contributed by atoms with E-state index in [0.29, 0.717) is 66.2 Å². The van der Waals surface area contributed by atoms with Gasteiger partial charge < -0.3 is 37.9 Å². The molecule has 5 heterocycles. The lowest BCUT2D eigenvalue weighted by Gasteiger charge is -2.41. The first kappa shape index (κ1) is 105. The molecule has 29 heteroatoms. The Hall–Kier alpha value is -8.43. The minimum absolute atomic E-state index is 0.0674. The van der Waals surface area contributed by atoms with Crippen molar-refractivity contribution in [2.75, 3.05) is 52.9 Å². The summed E-state index contributed by atoms with van der Waals surface area (Å²) in [6, 6.07) is 62.5. The van der Waals surface area contributed by atoms with Gasteiger partial charge in [-0.05, 0) is 239 Å². The Kier molecular flexibility index (Phi) is 38.6. The largest absolute Gasteiger partial charge is 0.502 e. The van der Waals surface area contributed by atoms with Crippen molar-refractivity contribution >= 4 is 103 Å². The highest BCUT2D eigenvalue weighted by atomic mass is 32.2. The van der Waals surface area contributed by atoms with Crippen LogP contribution in [0.25, 0.3) is 0 Å². The molecule has 8 aromatic carbocycles. The SMILES string of the molecule is C=COCC1CCC(COC=C)CC1.CC(=O)c1ccc(Sc2ccc([S+](c3ccc(Sc4ccc(C(C)=O)cc4)cc3)c3ccc(Sc4ccc(C(C)=O)cc4)cc3)cc2)cc1.CCC1(COCCn2c(=O)n(C)c(=O)n(CCOCC3(CC)CCO3)c2=O)CCO1.C[Si](C)(CCC1CCC2OC2C1)c1ccc([Si](C)(C)CCC2CCC3OC3C2)cc1.[BH3-]c1c(F)c(F)c(F)c(F)c1F. The van der Waals surface area contributed by atoms with Gasteiger partial charge in [-0.1, -0.05) is 184 Å². The Labute approximate surface area is 810 Å². The van der Waals surface area contributed by atoms with Crippen LogP contribution < -0.4 is 32.9 Å². The Morgan fingerprint density at radius 1 is 0.452 bits per heavy atom. The summed E-state index contributed by atoms with van der Waals surface area (Å²) >= 11 is 5.04. The molecule has 135 heavy (non-hydrogen) atoms. The van der Waals surface area contributed by atoms with Crippen molar-refractivity contribution in [2.24, 2.45) is 30.7 Å². The van der Waals surface area contributed by atoms with Crippen LogP contribution in [0.1, 0.15) is 168 Å². The smallest absolute Gasteiger partial charge is 0.336 e. The molecule has 724 valence electrons. The lowest BCUT2D eigenvalue weighted by molar-refractivity contribution is -0.182. The highest BCUT2D eigenvalue weighted by molar-refractivity contribution is 8.00. The minimum atomic E-state index is -2.09. The monoisotopic (exact) mass is 1960 g/mol. The van der Waals surface area contributed by atoms with E-state index in [1.54, 1.807) is 66.4 Å². The van der Waals surface area contributed by atoms with Gasteiger partial charge in [0.25, 0.3) is 0 Å². The van der Waals surface area contributed by atoms with Gasteiger partial charge in [-0.3, -0.25) is 14.4 Å². The van der Waals surface area contributed by atoms with E-state index in [1.807, 2.05) is 86.6 Å². The zero-order valence-corrected chi connectivity index (χ0v) is 84.0. The van der Waals surface area contributed by atoms with E-state index in [1.165, 1.54) is 123 Å². The Balaban J connectivity index is 0.000000165. The number of carbonyl (C=O) groups is 3. The van der Waals surface area contributed by atoms with Gasteiger partial charge in [0.2, 0.25) is 0 Å². The van der Waals surface area contributed by atoms with Crippen LogP contribution in [-0.2, 0) is 68.9 Å². The van der Waals surface area contributed by atoms with Crippen LogP contribution in [0, 0.1) is 52.8 Å². The summed E-state index contributed by atoms with van der Waals surface area (Å²) in [4.78, 5) is 82.9. The third-order valence-electron chi connectivity index (χ3n) is 26.9. The summed E-state index contributed by atoms with van der Waals surface area (Å²) in [5.74, 6) is -5.66. The summed E-state index contributed by atoms with van der Waals surface area (Å²) in [5, 5.41) is 3.33. The molecule has 0 N–H and O–H groups in total. The molecule has 8 unspecified atom stereocenters. The molecule has 4 saturated heterocycles. The number of aromatic nitrogens is 3. The highest BCUT2D eigenvalue weighted by Gasteiger charge is 2.46. The fourth-order valence-electron chi connectivity index (χ4n) is 17.5. The van der Waals surface area contributed by atoms with E-state index in [0.717, 1.165) is 107 Å². The second-order valence-corrected chi connectivity index (χ2v) is 52.3. The minimum Gasteiger partial charge on any atom is -0.502 e. The van der Waals surface area contributed by atoms with E-state index in [9.17, 15) is 50.7 Å². The molecule has 7 aliphatic rings. The lowest BCUT2D eigenvalue weighted by atomic mass is 9.83. The van der Waals surface area contributed by atoms with Gasteiger partial charge >= 0.3 is 17.1 Å². The zero-order valence-electron chi connectivity index (χ0n) is 78.7. The maximum absolute atomic E-state index is 12.7. The molecule has 0 radical (unpaired) electrons. The van der Waals surface area contributed by atoms with E-state index >= 15 is 0 Å². The first-order chi connectivity index (χ1) is 64.7. The normalized spacial score (nSPS) is 21.3. The predicted molar refractivity (Wildman–Crippen MR) is 537 cm³/mol. The predicted octanol–water partition coefficient (Wildman–Crippen LogP) is 20.6. The summed E-state index contributed by atoms with van der Waals surface area (Å²) in [6.07, 6.45) is 25.2. The second kappa shape index (κ2) is 49.4. The van der Waals surface area contributed by atoms with Crippen LogP contribution in [0.15, 0.2) is 254 Å². The highest BCUT2D eigenvalue weighted by Crippen LogP contribution is 2.45. The summed E-state index contributed by atoms with van der Waals surface area (Å²) in [7, 11) is -2.72. The van der Waals surface area contributed by atoms with Crippen molar-refractivity contribution < 1.29 is 74.2 Å². The molecule has 3 saturated carbocycles. The van der Waals surface area contributed by atoms with E-state index in [2.05, 4.69) is 136 Å². The average Bonchev–Trinajstić information content (AvgIpc) is 1.72. The molecule has 9 aromatic rings. The zero-order chi connectivity index (χ0) is 96.7. The molecule has 1 aromatic heterocycles. The van der Waals surface area contributed by atoms with E-state index in [4.69, 9.17) is 37.9 Å². The molecule has 0 bridgehead atoms. The van der Waals surface area contributed by atoms with Crippen molar-refractivity contribution in [3.8, 4) is 0 Å². The van der Waals surface area contributed by atoms with Gasteiger partial charge in [-0.15, -0.1) is 5.46 Å². The molecule has 0 spiro atoms. The van der Waals surface area contributed by atoms with Crippen LogP contribution >= 0.6 is 35.3 Å². The van der Waals surface area contributed by atoms with Crippen LogP contribution in [0.4, 0.5) is 22.0 Å². The van der Waals surface area contributed by atoms with Gasteiger partial charge in [0, 0.05) is 66.0 Å². The summed E-state index contributed by atoms with van der Waals surface area (Å²) < 4.78 is 109. The molecule has 16 rings (SSSR count). The first-order valence-corrected chi connectivity index (χ1v) is 56.9. The number of ether oxygens (including phenoxy) is 8. The lowest BCUT2D eigenvalue weighted by Crippen LogP contribution is -2.54. The molecule has 3 aliphatic carbocycles. The number of Topliss-reactive ketones (excluding diaryl/α,β-unsaturated/α-hetero) is 3. The van der Waals surface area contributed by atoms with Crippen molar-refractivity contribution in [3.63, 3.8) is 0 Å². The number of benzene rings is 8. The summed E-state index contributed by atoms with van der Waals surface area (Å²) in [5.41, 5.74) is -0.903. The molecule has 0 amide bonds. The number of halogens is 5. The van der Waals surface area contributed by atoms with Crippen LogP contribution in [0.3, 0.4) is 0 Å². The average molecular weight is 1960 g/mol. The van der Waals surface area contributed by atoms with Gasteiger partial charge in [0.05, 0.1) is 141 Å². The van der Waals surface area contributed by atoms with E-state index < -0.39 is 75.6 Å². The molecule has 4 aliphatic heterocycles. The van der Waals surface area contributed by atoms with E-state index in [-0.39, 0.29) is 65.8 Å². The molecular formula is C106H131BF5N3O14S4Si2. The molecule has 17 nitrogen and oxygen atoms in total. The number of nitrogens with zero attached hydrogens (tertiary/aromatic N) is 3. The van der Waals surface area contributed by atoms with Gasteiger partial charge in [-0.2, -0.15) is 0 Å². The molecule has 7 fully saturated rings. The first-order valence-electron chi connectivity index (χ1n) is 46.8. The molecular weight excluding hydrogens is 1830 g/mol. The number of carbonyl (C=O) groups excluding carboxylic acids is 3. The van der Waals surface area contributed by atoms with Gasteiger partial charge in [-0.25, -0.2) is 50.0 Å². The van der Waals surface area contributed by atoms with Crippen molar-refractivity contribution in [1.29, 1.82) is 0 Å². The topological polar surface area (TPSA) is 198 Å². The fourth-order valence-corrected chi connectivity index (χ4v) is 27.0. The Morgan fingerprint density at radius 3 is 1.02 bits per heavy atom. The third-order valence-corrected chi connectivity index (χ3v) is 39.1. The Bertz CT molecular complexity index is 5130. The Morgan fingerprint density at radius 2 is 0.748 bits per heavy atom. The third kappa shape index (κ3) is 29.4. The number of rotatable bonds is 38. The van der Waals surface area contributed by atoms with Crippen LogP contribution in [-0.4, -0.2) is 144 Å². The van der Waals surface area contributed by atoms with Crippen molar-refractivity contribution in [1.82, 2.24) is 13.7 Å². The molecule has 8 atom stereocenters. The maximum atomic E-state index is 12.7. The fraction of sp³-hybridized carbons (Fsp3) is 0.453. The van der Waals surface area contributed by atoms with Crippen LogP contribution in [0.2, 0.25) is 38.3 Å². The summed E-state index contributed by atoms with van der Waals surface area (Å²) in [6.45, 7) is 30.8. The number of hydrogen-bond donors (Lipinski definition) is 0. The maximum Gasteiger partial charge on any atom is 0.336 e. The number of fused-ring (bicyclic) bond motifs is 2. The van der Waals surface area contributed by atoms with Crippen LogP contribution in [0.5, 0.6) is 0 Å². The standard InChI is InChI=1S/C42H33O3S4.C26H42O2Si2.C20H33N3O7.C12H20O2.C6H3BF5/c1-28(43)31-4-10-34(11-5-31)46-37-16-22-40(23-17-37)49(41-24-18-38(19-25-41)47-35-12-6-32(7-13-35)29(2)44)42-26-20-39(21-27-42)48-36-14-8-33(9-15-36)30(3)45;1-29(2,15-13-19-5-11-23-25(17-19)27-23)21-7-9-22(10-8-21)30(3,4)16-14-20-6-12-24-26(18-20)28-24;1-4-19(6-10-29-19)14-27-12-8-22-16(24)21(3)17(25)23(18(22)26)9-13-28-15-20(5-2)7-11-30-20;1-3-13-9-11-5-7-12(8-6-11)10-14-4-2;7-1-2(8)4(10)6(12)5(11)3(1)9/h4-27H,1-3H3;7-10,19-20,23-26H,5-6,11-18H2,1-4H3;4-15H2,1-3H3;3-4,11-12H,1-2,5-10H2;7H3/q+1;;;;-1. The number of epoxide rings is 2. The quantitative estimate of drug-likeness (QED) is 0.00407. The van der Waals surface area contributed by atoms with Crippen molar-refractivity contribution in [2.45, 2.75) is 268 Å². The number of ketones is 3. The second-order valence-electron chi connectivity index (χ2n) is 37.1. The van der Waals surface area contributed by atoms with Gasteiger partial charge in [0.15, 0.2) is 49.5 Å². The van der Waals surface area contributed by atoms with Gasteiger partial charge in [0.1, 0.15) is 11.6 Å².